The van der Waals surface area contributed by atoms with Gasteiger partial charge in [0.25, 0.3) is 0 Å². The number of rotatable bonds is 4. The van der Waals surface area contributed by atoms with E-state index in [9.17, 15) is 4.39 Å². The van der Waals surface area contributed by atoms with E-state index in [1.165, 1.54) is 12.1 Å². The molecule has 1 aromatic heterocycles. The predicted molar refractivity (Wildman–Crippen MR) is 74.0 cm³/mol. The minimum absolute atomic E-state index is 0.256. The molecule has 0 fully saturated rings. The molecule has 0 spiro atoms. The van der Waals surface area contributed by atoms with Gasteiger partial charge in [-0.05, 0) is 40.8 Å². The van der Waals surface area contributed by atoms with Crippen molar-refractivity contribution in [1.29, 1.82) is 0 Å². The Morgan fingerprint density at radius 3 is 2.59 bits per heavy atom. The lowest BCUT2D eigenvalue weighted by atomic mass is 10.2. The van der Waals surface area contributed by atoms with Gasteiger partial charge in [-0.25, -0.2) is 4.39 Å². The van der Waals surface area contributed by atoms with Crippen LogP contribution in [-0.2, 0) is 11.8 Å². The Labute approximate surface area is 118 Å². The molecule has 0 amide bonds. The number of alkyl halides is 2. The van der Waals surface area contributed by atoms with E-state index in [0.29, 0.717) is 11.8 Å². The van der Waals surface area contributed by atoms with Crippen molar-refractivity contribution in [3.05, 3.63) is 46.6 Å². The van der Waals surface area contributed by atoms with Gasteiger partial charge in [0.05, 0.1) is 4.21 Å². The second-order valence-corrected chi connectivity index (χ2v) is 6.12. The van der Waals surface area contributed by atoms with E-state index >= 15 is 0 Å². The summed E-state index contributed by atoms with van der Waals surface area (Å²) in [4.78, 5) is 0.982. The zero-order valence-electron chi connectivity index (χ0n) is 8.75. The molecule has 0 aliphatic rings. The highest BCUT2D eigenvalue weighted by Crippen LogP contribution is 2.37. The average molecular weight is 307 g/mol. The minimum atomic E-state index is -0.256. The van der Waals surface area contributed by atoms with E-state index in [-0.39, 0.29) is 5.82 Å². The van der Waals surface area contributed by atoms with Crippen LogP contribution < -0.4 is 0 Å². The molecule has 1 aromatic carbocycles. The molecule has 2 aromatic rings. The molecular weight excluding hydrogens is 298 g/mol. The minimum Gasteiger partial charge on any atom is -0.207 e. The molecule has 0 saturated carbocycles. The molecule has 0 N–H and O–H groups in total. The quantitative estimate of drug-likeness (QED) is 0.671. The van der Waals surface area contributed by atoms with Crippen molar-refractivity contribution in [3.8, 4) is 0 Å². The number of hydrogen-bond donors (Lipinski definition) is 0. The van der Waals surface area contributed by atoms with Gasteiger partial charge in [0.15, 0.2) is 0 Å². The molecule has 0 saturated heterocycles. The fourth-order valence-corrected chi connectivity index (χ4v) is 4.19. The van der Waals surface area contributed by atoms with E-state index in [4.69, 9.17) is 23.2 Å². The summed E-state index contributed by atoms with van der Waals surface area (Å²) in [6.07, 6.45) is 0. The van der Waals surface area contributed by atoms with Crippen LogP contribution >= 0.6 is 46.3 Å². The van der Waals surface area contributed by atoms with Crippen LogP contribution in [0.5, 0.6) is 0 Å². The maximum Gasteiger partial charge on any atom is 0.123 e. The van der Waals surface area contributed by atoms with E-state index in [1.807, 2.05) is 11.4 Å². The van der Waals surface area contributed by atoms with E-state index in [0.717, 1.165) is 20.2 Å². The summed E-state index contributed by atoms with van der Waals surface area (Å²) < 4.78 is 14.2. The lowest BCUT2D eigenvalue weighted by molar-refractivity contribution is 0.625. The topological polar surface area (TPSA) is 0 Å². The van der Waals surface area contributed by atoms with Crippen LogP contribution in [0.25, 0.3) is 0 Å². The summed E-state index contributed by atoms with van der Waals surface area (Å²) in [6, 6.07) is 6.69. The zero-order valence-corrected chi connectivity index (χ0v) is 11.9. The molecule has 0 aliphatic carbocycles. The summed E-state index contributed by atoms with van der Waals surface area (Å²) in [6.45, 7) is 0. The zero-order chi connectivity index (χ0) is 12.3. The second kappa shape index (κ2) is 6.10. The SMILES string of the molecule is Fc1ccc(Sc2sccc2CCl)c(CCl)c1. The largest absolute Gasteiger partial charge is 0.207 e. The molecule has 0 aliphatic heterocycles. The number of benzene rings is 1. The fourth-order valence-electron chi connectivity index (χ4n) is 1.36. The van der Waals surface area contributed by atoms with Gasteiger partial charge in [-0.3, -0.25) is 0 Å². The van der Waals surface area contributed by atoms with Crippen LogP contribution in [0.3, 0.4) is 0 Å². The average Bonchev–Trinajstić information content (AvgIpc) is 2.78. The van der Waals surface area contributed by atoms with Crippen molar-refractivity contribution in [3.63, 3.8) is 0 Å². The molecule has 0 radical (unpaired) electrons. The number of halogens is 3. The molecule has 0 atom stereocenters. The van der Waals surface area contributed by atoms with Crippen LogP contribution in [0.1, 0.15) is 11.1 Å². The van der Waals surface area contributed by atoms with Crippen molar-refractivity contribution in [2.75, 3.05) is 0 Å². The highest BCUT2D eigenvalue weighted by Gasteiger charge is 2.09. The van der Waals surface area contributed by atoms with Crippen LogP contribution in [0.4, 0.5) is 4.39 Å². The first-order valence-electron chi connectivity index (χ1n) is 4.89. The third kappa shape index (κ3) is 3.16. The van der Waals surface area contributed by atoms with Gasteiger partial charge in [0, 0.05) is 16.7 Å². The normalized spacial score (nSPS) is 10.8. The number of thiophene rings is 1. The molecule has 0 nitrogen and oxygen atoms in total. The van der Waals surface area contributed by atoms with Gasteiger partial charge >= 0.3 is 0 Å². The molecule has 5 heteroatoms. The monoisotopic (exact) mass is 306 g/mol. The predicted octanol–water partition coefficient (Wildman–Crippen LogP) is 5.52. The van der Waals surface area contributed by atoms with Crippen molar-refractivity contribution in [1.82, 2.24) is 0 Å². The maximum atomic E-state index is 13.1. The van der Waals surface area contributed by atoms with Crippen molar-refractivity contribution in [2.24, 2.45) is 0 Å². The summed E-state index contributed by atoms with van der Waals surface area (Å²) in [5.74, 6) is 0.541. The number of hydrogen-bond acceptors (Lipinski definition) is 2. The first kappa shape index (κ1) is 13.2. The highest BCUT2D eigenvalue weighted by atomic mass is 35.5. The molecule has 0 bridgehead atoms. The maximum absolute atomic E-state index is 13.1. The summed E-state index contributed by atoms with van der Waals surface area (Å²) in [7, 11) is 0. The molecule has 0 unspecified atom stereocenters. The standard InChI is InChI=1S/C12H9Cl2FS2/c13-6-8-3-4-16-12(8)17-11-2-1-10(15)5-9(11)7-14/h1-5H,6-7H2. The Morgan fingerprint density at radius 2 is 1.88 bits per heavy atom. The van der Waals surface area contributed by atoms with Gasteiger partial charge in [-0.1, -0.05) is 11.8 Å². The molecule has 1 heterocycles. The Kier molecular flexibility index (Phi) is 4.74. The van der Waals surface area contributed by atoms with E-state index < -0.39 is 0 Å². The smallest absolute Gasteiger partial charge is 0.123 e. The summed E-state index contributed by atoms with van der Waals surface area (Å²) in [5.41, 5.74) is 1.91. The second-order valence-electron chi connectivity index (χ2n) is 3.35. The lowest BCUT2D eigenvalue weighted by Gasteiger charge is -2.06. The molecular formula is C12H9Cl2FS2. The fraction of sp³-hybridized carbons (Fsp3) is 0.167. The van der Waals surface area contributed by atoms with Crippen LogP contribution in [0.15, 0.2) is 38.8 Å². The third-order valence-corrected chi connectivity index (χ3v) is 5.15. The summed E-state index contributed by atoms with van der Waals surface area (Å²) in [5, 5.41) is 2.00. The first-order valence-corrected chi connectivity index (χ1v) is 7.65. The van der Waals surface area contributed by atoms with Gasteiger partial charge < -0.3 is 0 Å². The van der Waals surface area contributed by atoms with Crippen molar-refractivity contribution < 1.29 is 4.39 Å². The van der Waals surface area contributed by atoms with Crippen LogP contribution in [0, 0.1) is 5.82 Å². The van der Waals surface area contributed by atoms with Gasteiger partial charge in [0.2, 0.25) is 0 Å². The van der Waals surface area contributed by atoms with Gasteiger partial charge in [-0.2, -0.15) is 0 Å². The van der Waals surface area contributed by atoms with Crippen LogP contribution in [-0.4, -0.2) is 0 Å². The Balaban J connectivity index is 2.29. The Morgan fingerprint density at radius 1 is 1.12 bits per heavy atom. The van der Waals surface area contributed by atoms with Gasteiger partial charge in [0.1, 0.15) is 5.82 Å². The van der Waals surface area contributed by atoms with Crippen molar-refractivity contribution in [2.45, 2.75) is 20.9 Å². The van der Waals surface area contributed by atoms with E-state index in [2.05, 4.69) is 0 Å². The highest BCUT2D eigenvalue weighted by molar-refractivity contribution is 8.01. The third-order valence-electron chi connectivity index (χ3n) is 2.22. The van der Waals surface area contributed by atoms with E-state index in [1.54, 1.807) is 29.2 Å². The summed E-state index contributed by atoms with van der Waals surface area (Å²) >= 11 is 14.9. The first-order chi connectivity index (χ1) is 8.24. The lowest BCUT2D eigenvalue weighted by Crippen LogP contribution is -1.86. The molecule has 17 heavy (non-hydrogen) atoms. The molecule has 90 valence electrons. The Bertz CT molecular complexity index is 511. The van der Waals surface area contributed by atoms with Crippen molar-refractivity contribution >= 4 is 46.3 Å². The van der Waals surface area contributed by atoms with Crippen LogP contribution in [0.2, 0.25) is 0 Å². The Hall–Kier alpha value is -0.220. The van der Waals surface area contributed by atoms with Gasteiger partial charge in [-0.15, -0.1) is 34.5 Å². The molecule has 2 rings (SSSR count).